The van der Waals surface area contributed by atoms with Gasteiger partial charge in [-0.3, -0.25) is 0 Å². The van der Waals surface area contributed by atoms with Crippen LogP contribution < -0.4 is 9.64 Å². The third-order valence-electron chi connectivity index (χ3n) is 2.99. The molecule has 2 rings (SSSR count). The van der Waals surface area contributed by atoms with Crippen molar-refractivity contribution in [3.8, 4) is 5.75 Å². The first kappa shape index (κ1) is 14.2. The van der Waals surface area contributed by atoms with E-state index in [1.807, 2.05) is 43.4 Å². The van der Waals surface area contributed by atoms with Crippen LogP contribution in [0.4, 0.5) is 11.4 Å². The number of hydrogen-bond acceptors (Lipinski definition) is 2. The second kappa shape index (κ2) is 6.31. The molecule has 0 aromatic heterocycles. The van der Waals surface area contributed by atoms with Gasteiger partial charge in [-0.1, -0.05) is 45.7 Å². The summed E-state index contributed by atoms with van der Waals surface area (Å²) in [5.41, 5.74) is 3.20. The van der Waals surface area contributed by atoms with Gasteiger partial charge in [-0.25, -0.2) is 0 Å². The van der Waals surface area contributed by atoms with Crippen LogP contribution in [-0.4, -0.2) is 14.2 Å². The van der Waals surface area contributed by atoms with Gasteiger partial charge in [0.15, 0.2) is 0 Å². The van der Waals surface area contributed by atoms with Gasteiger partial charge in [-0.15, -0.1) is 0 Å². The van der Waals surface area contributed by atoms with Crippen molar-refractivity contribution in [1.29, 1.82) is 0 Å². The van der Waals surface area contributed by atoms with E-state index in [-0.39, 0.29) is 0 Å². The maximum atomic E-state index is 6.33. The molecule has 0 saturated carbocycles. The Balaban J connectivity index is 2.46. The van der Waals surface area contributed by atoms with Crippen LogP contribution in [-0.2, 0) is 5.33 Å². The minimum Gasteiger partial charge on any atom is -0.497 e. The Bertz CT molecular complexity index is 574. The maximum Gasteiger partial charge on any atom is 0.120 e. The number of anilines is 2. The summed E-state index contributed by atoms with van der Waals surface area (Å²) in [6.07, 6.45) is 0. The molecule has 2 aromatic carbocycles. The molecule has 100 valence electrons. The van der Waals surface area contributed by atoms with Gasteiger partial charge in [0.1, 0.15) is 5.75 Å². The number of para-hydroxylation sites is 1. The van der Waals surface area contributed by atoms with Crippen molar-refractivity contribution in [3.63, 3.8) is 0 Å². The van der Waals surface area contributed by atoms with Gasteiger partial charge in [0.25, 0.3) is 0 Å². The molecule has 0 aliphatic rings. The summed E-state index contributed by atoms with van der Waals surface area (Å²) in [5, 5.41) is 1.50. The van der Waals surface area contributed by atoms with E-state index in [2.05, 4.69) is 26.9 Å². The molecule has 0 fully saturated rings. The summed E-state index contributed by atoms with van der Waals surface area (Å²) in [7, 11) is 3.67. The lowest BCUT2D eigenvalue weighted by molar-refractivity contribution is 0.415. The number of benzene rings is 2. The molecule has 0 N–H and O–H groups in total. The Morgan fingerprint density at radius 2 is 1.95 bits per heavy atom. The highest BCUT2D eigenvalue weighted by molar-refractivity contribution is 9.08. The summed E-state index contributed by atoms with van der Waals surface area (Å²) in [6, 6.07) is 13.8. The molecule has 2 nitrogen and oxygen atoms in total. The number of halogens is 2. The molecule has 4 heteroatoms. The lowest BCUT2D eigenvalue weighted by Crippen LogP contribution is -2.12. The third kappa shape index (κ3) is 3.04. The minimum atomic E-state index is 0.738. The third-order valence-corrected chi connectivity index (χ3v) is 3.90. The van der Waals surface area contributed by atoms with Crippen LogP contribution in [0.3, 0.4) is 0 Å². The number of hydrogen-bond donors (Lipinski definition) is 0. The van der Waals surface area contributed by atoms with E-state index in [9.17, 15) is 0 Å². The summed E-state index contributed by atoms with van der Waals surface area (Å²) in [6.45, 7) is 0. The molecule has 0 bridgehead atoms. The first-order chi connectivity index (χ1) is 9.17. The zero-order chi connectivity index (χ0) is 13.8. The predicted molar refractivity (Wildman–Crippen MR) is 85.1 cm³/mol. The monoisotopic (exact) mass is 339 g/mol. The highest BCUT2D eigenvalue weighted by Crippen LogP contribution is 2.35. The number of alkyl halides is 1. The zero-order valence-electron chi connectivity index (χ0n) is 10.9. The van der Waals surface area contributed by atoms with E-state index < -0.39 is 0 Å². The molecular weight excluding hydrogens is 326 g/mol. The van der Waals surface area contributed by atoms with Gasteiger partial charge in [0.2, 0.25) is 0 Å². The van der Waals surface area contributed by atoms with Crippen molar-refractivity contribution in [2.24, 2.45) is 0 Å². The molecule has 0 atom stereocenters. The van der Waals surface area contributed by atoms with Crippen LogP contribution in [0.5, 0.6) is 5.75 Å². The fraction of sp³-hybridized carbons (Fsp3) is 0.200. The van der Waals surface area contributed by atoms with Crippen molar-refractivity contribution < 1.29 is 4.74 Å². The van der Waals surface area contributed by atoms with Crippen LogP contribution in [0.2, 0.25) is 5.02 Å². The number of ether oxygens (including phenoxy) is 1. The Hall–Kier alpha value is -1.19. The fourth-order valence-electron chi connectivity index (χ4n) is 1.99. The van der Waals surface area contributed by atoms with Crippen molar-refractivity contribution in [2.75, 3.05) is 19.1 Å². The van der Waals surface area contributed by atoms with Crippen LogP contribution >= 0.6 is 27.5 Å². The first-order valence-electron chi connectivity index (χ1n) is 5.88. The van der Waals surface area contributed by atoms with Crippen molar-refractivity contribution in [3.05, 3.63) is 53.1 Å². The molecule has 2 aromatic rings. The Morgan fingerprint density at radius 3 is 2.63 bits per heavy atom. The van der Waals surface area contributed by atoms with E-state index in [0.29, 0.717) is 0 Å². The van der Waals surface area contributed by atoms with Crippen LogP contribution in [0, 0.1) is 0 Å². The highest BCUT2D eigenvalue weighted by Gasteiger charge is 2.13. The quantitative estimate of drug-likeness (QED) is 0.725. The van der Waals surface area contributed by atoms with Crippen molar-refractivity contribution in [2.45, 2.75) is 5.33 Å². The SMILES string of the molecule is COc1cccc(N(C)c2c(Cl)cccc2CBr)c1. The van der Waals surface area contributed by atoms with Gasteiger partial charge < -0.3 is 9.64 Å². The van der Waals surface area contributed by atoms with Gasteiger partial charge in [-0.05, 0) is 23.8 Å². The minimum absolute atomic E-state index is 0.738. The molecular formula is C15H15BrClNO. The Labute approximate surface area is 127 Å². The number of rotatable bonds is 4. The van der Waals surface area contributed by atoms with Crippen molar-refractivity contribution in [1.82, 2.24) is 0 Å². The van der Waals surface area contributed by atoms with E-state index in [1.165, 1.54) is 0 Å². The van der Waals surface area contributed by atoms with Crippen molar-refractivity contribution >= 4 is 38.9 Å². The van der Waals surface area contributed by atoms with E-state index in [0.717, 1.165) is 33.0 Å². The lowest BCUT2D eigenvalue weighted by atomic mass is 10.1. The standard InChI is InChI=1S/C15H15BrClNO/c1-18(12-6-4-7-13(9-12)19-2)15-11(10-16)5-3-8-14(15)17/h3-9H,10H2,1-2H3. The second-order valence-corrected chi connectivity index (χ2v) is 5.11. The number of nitrogens with zero attached hydrogens (tertiary/aromatic N) is 1. The molecule has 0 spiro atoms. The normalized spacial score (nSPS) is 10.3. The fourth-order valence-corrected chi connectivity index (χ4v) is 2.77. The maximum absolute atomic E-state index is 6.33. The smallest absolute Gasteiger partial charge is 0.120 e. The first-order valence-corrected chi connectivity index (χ1v) is 7.38. The number of methoxy groups -OCH3 is 1. The van der Waals surface area contributed by atoms with Crippen LogP contribution in [0.15, 0.2) is 42.5 Å². The molecule has 0 unspecified atom stereocenters. The summed E-state index contributed by atoms with van der Waals surface area (Å²) in [5.74, 6) is 0.830. The molecule has 19 heavy (non-hydrogen) atoms. The average molecular weight is 341 g/mol. The van der Waals surface area contributed by atoms with E-state index in [4.69, 9.17) is 16.3 Å². The molecule has 0 amide bonds. The molecule has 0 radical (unpaired) electrons. The Morgan fingerprint density at radius 1 is 1.21 bits per heavy atom. The van der Waals surface area contributed by atoms with Gasteiger partial charge in [0.05, 0.1) is 17.8 Å². The molecule has 0 saturated heterocycles. The topological polar surface area (TPSA) is 12.5 Å². The van der Waals surface area contributed by atoms with Crippen LogP contribution in [0.1, 0.15) is 5.56 Å². The molecule has 0 aliphatic carbocycles. The molecule has 0 heterocycles. The zero-order valence-corrected chi connectivity index (χ0v) is 13.2. The lowest BCUT2D eigenvalue weighted by Gasteiger charge is -2.23. The highest BCUT2D eigenvalue weighted by atomic mass is 79.9. The van der Waals surface area contributed by atoms with Gasteiger partial charge >= 0.3 is 0 Å². The Kier molecular flexibility index (Phi) is 4.72. The van der Waals surface area contributed by atoms with Gasteiger partial charge in [0, 0.05) is 24.1 Å². The average Bonchev–Trinajstić information content (AvgIpc) is 2.46. The van der Waals surface area contributed by atoms with E-state index in [1.54, 1.807) is 7.11 Å². The largest absolute Gasteiger partial charge is 0.497 e. The van der Waals surface area contributed by atoms with E-state index >= 15 is 0 Å². The van der Waals surface area contributed by atoms with Crippen LogP contribution in [0.25, 0.3) is 0 Å². The summed E-state index contributed by atoms with van der Waals surface area (Å²) in [4.78, 5) is 2.07. The molecule has 0 aliphatic heterocycles. The second-order valence-electron chi connectivity index (χ2n) is 4.14. The predicted octanol–water partition coefficient (Wildman–Crippen LogP) is 5.01. The van der Waals surface area contributed by atoms with Gasteiger partial charge in [-0.2, -0.15) is 0 Å². The summed E-state index contributed by atoms with van der Waals surface area (Å²) < 4.78 is 5.26. The summed E-state index contributed by atoms with van der Waals surface area (Å²) >= 11 is 9.83.